The Morgan fingerprint density at radius 1 is 1.58 bits per heavy atom. The van der Waals surface area contributed by atoms with Crippen molar-refractivity contribution in [3.63, 3.8) is 0 Å². The largest absolute Gasteiger partial charge is 0.466 e. The summed E-state index contributed by atoms with van der Waals surface area (Å²) in [5.41, 5.74) is 0. The second-order valence-electron chi connectivity index (χ2n) is 4.29. The first kappa shape index (κ1) is 12.5. The fourth-order valence-electron chi connectivity index (χ4n) is 2.07. The van der Waals surface area contributed by atoms with E-state index in [9.17, 15) is 4.79 Å². The van der Waals surface area contributed by atoms with Crippen molar-refractivity contribution in [2.24, 2.45) is 0 Å². The van der Waals surface area contributed by atoms with E-state index in [1.54, 1.807) is 11.4 Å². The zero-order valence-electron chi connectivity index (χ0n) is 10.5. The minimum atomic E-state index is -0.266. The molecule has 8 heteroatoms. The highest BCUT2D eigenvalue weighted by Crippen LogP contribution is 2.25. The molecule has 3 heterocycles. The molecule has 1 fully saturated rings. The van der Waals surface area contributed by atoms with Gasteiger partial charge in [-0.15, -0.1) is 10.2 Å². The SMILES string of the molecule is CCOC(=O)Cc1nn2c(C3CCOC3)nnc2s1. The van der Waals surface area contributed by atoms with Crippen molar-refractivity contribution >= 4 is 22.3 Å². The van der Waals surface area contributed by atoms with Crippen LogP contribution in [0.1, 0.15) is 30.1 Å². The van der Waals surface area contributed by atoms with Crippen molar-refractivity contribution in [1.29, 1.82) is 0 Å². The Hall–Kier alpha value is -1.54. The molecule has 1 atom stereocenters. The first-order valence-electron chi connectivity index (χ1n) is 6.22. The number of rotatable bonds is 4. The van der Waals surface area contributed by atoms with Gasteiger partial charge in [0.1, 0.15) is 5.01 Å². The molecule has 0 bridgehead atoms. The van der Waals surface area contributed by atoms with E-state index in [1.807, 2.05) is 0 Å². The number of carbonyl (C=O) groups is 1. The first-order valence-corrected chi connectivity index (χ1v) is 7.04. The van der Waals surface area contributed by atoms with Crippen LogP contribution < -0.4 is 0 Å². The van der Waals surface area contributed by atoms with Crippen LogP contribution in [-0.4, -0.2) is 45.6 Å². The second kappa shape index (κ2) is 5.22. The van der Waals surface area contributed by atoms with E-state index >= 15 is 0 Å². The molecule has 0 N–H and O–H groups in total. The molecular formula is C11H14N4O3S. The van der Waals surface area contributed by atoms with Gasteiger partial charge < -0.3 is 9.47 Å². The Morgan fingerprint density at radius 2 is 2.47 bits per heavy atom. The number of carbonyl (C=O) groups excluding carboxylic acids is 1. The topological polar surface area (TPSA) is 78.6 Å². The standard InChI is InChI=1S/C11H14N4O3S/c1-2-18-9(16)5-8-14-15-10(7-3-4-17-6-7)12-13-11(15)19-8/h7H,2-6H2,1H3. The lowest BCUT2D eigenvalue weighted by Gasteiger charge is -2.01. The Kier molecular flexibility index (Phi) is 3.43. The number of ether oxygens (including phenoxy) is 2. The highest BCUT2D eigenvalue weighted by atomic mass is 32.1. The van der Waals surface area contributed by atoms with Gasteiger partial charge in [-0.3, -0.25) is 4.79 Å². The van der Waals surface area contributed by atoms with E-state index in [0.717, 1.165) is 18.9 Å². The van der Waals surface area contributed by atoms with Crippen LogP contribution in [-0.2, 0) is 20.7 Å². The molecule has 1 unspecified atom stereocenters. The fourth-order valence-corrected chi connectivity index (χ4v) is 2.90. The minimum Gasteiger partial charge on any atom is -0.466 e. The van der Waals surface area contributed by atoms with Gasteiger partial charge in [-0.2, -0.15) is 9.61 Å². The van der Waals surface area contributed by atoms with Crippen molar-refractivity contribution < 1.29 is 14.3 Å². The third-order valence-electron chi connectivity index (χ3n) is 2.95. The normalized spacial score (nSPS) is 19.1. The summed E-state index contributed by atoms with van der Waals surface area (Å²) in [5, 5.41) is 13.3. The summed E-state index contributed by atoms with van der Waals surface area (Å²) in [7, 11) is 0. The smallest absolute Gasteiger partial charge is 0.312 e. The number of hydrogen-bond donors (Lipinski definition) is 0. The van der Waals surface area contributed by atoms with Gasteiger partial charge >= 0.3 is 5.97 Å². The van der Waals surface area contributed by atoms with Crippen LogP contribution in [0.2, 0.25) is 0 Å². The summed E-state index contributed by atoms with van der Waals surface area (Å²) in [6.07, 6.45) is 1.12. The molecular weight excluding hydrogens is 268 g/mol. The van der Waals surface area contributed by atoms with Crippen molar-refractivity contribution in [1.82, 2.24) is 19.8 Å². The van der Waals surface area contributed by atoms with Gasteiger partial charge in [-0.05, 0) is 13.3 Å². The number of hydrogen-bond acceptors (Lipinski definition) is 7. The zero-order chi connectivity index (χ0) is 13.2. The van der Waals surface area contributed by atoms with Gasteiger partial charge in [-0.25, -0.2) is 0 Å². The second-order valence-corrected chi connectivity index (χ2v) is 5.33. The molecule has 0 aliphatic carbocycles. The molecule has 1 aliphatic heterocycles. The number of fused-ring (bicyclic) bond motifs is 1. The molecule has 1 aliphatic rings. The van der Waals surface area contributed by atoms with Gasteiger partial charge in [0.25, 0.3) is 0 Å². The molecule has 0 amide bonds. The van der Waals surface area contributed by atoms with Crippen molar-refractivity contribution in [2.45, 2.75) is 25.7 Å². The van der Waals surface area contributed by atoms with Gasteiger partial charge in [0.05, 0.1) is 19.6 Å². The van der Waals surface area contributed by atoms with E-state index in [-0.39, 0.29) is 18.3 Å². The van der Waals surface area contributed by atoms with Crippen molar-refractivity contribution in [2.75, 3.05) is 19.8 Å². The van der Waals surface area contributed by atoms with Crippen molar-refractivity contribution in [3.8, 4) is 0 Å². The molecule has 102 valence electrons. The predicted molar refractivity (Wildman–Crippen MR) is 67.2 cm³/mol. The maximum Gasteiger partial charge on any atom is 0.312 e. The lowest BCUT2D eigenvalue weighted by Crippen LogP contribution is -2.09. The Morgan fingerprint density at radius 3 is 3.21 bits per heavy atom. The van der Waals surface area contributed by atoms with Gasteiger partial charge in [0.2, 0.25) is 4.96 Å². The third kappa shape index (κ3) is 2.45. The van der Waals surface area contributed by atoms with Crippen molar-refractivity contribution in [3.05, 3.63) is 10.8 Å². The molecule has 0 aromatic carbocycles. The van der Waals surface area contributed by atoms with Crippen LogP contribution in [0.15, 0.2) is 0 Å². The Labute approximate surface area is 113 Å². The highest BCUT2D eigenvalue weighted by molar-refractivity contribution is 7.16. The monoisotopic (exact) mass is 282 g/mol. The lowest BCUT2D eigenvalue weighted by molar-refractivity contribution is -0.142. The molecule has 2 aromatic heterocycles. The highest BCUT2D eigenvalue weighted by Gasteiger charge is 2.25. The predicted octanol–water partition coefficient (Wildman–Crippen LogP) is 0.795. The first-order chi connectivity index (χ1) is 9.28. The molecule has 0 radical (unpaired) electrons. The van der Waals surface area contributed by atoms with Crippen LogP contribution in [0.25, 0.3) is 4.96 Å². The average Bonchev–Trinajstić information content (AvgIpc) is 3.03. The summed E-state index contributed by atoms with van der Waals surface area (Å²) in [5.74, 6) is 0.796. The van der Waals surface area contributed by atoms with Crippen LogP contribution in [0.4, 0.5) is 0 Å². The molecule has 19 heavy (non-hydrogen) atoms. The summed E-state index contributed by atoms with van der Waals surface area (Å²) in [6.45, 7) is 3.58. The summed E-state index contributed by atoms with van der Waals surface area (Å²) in [6, 6.07) is 0. The summed E-state index contributed by atoms with van der Waals surface area (Å²) >= 11 is 1.37. The van der Waals surface area contributed by atoms with Crippen LogP contribution in [0.3, 0.4) is 0 Å². The Bertz CT molecular complexity index is 588. The quantitative estimate of drug-likeness (QED) is 0.772. The summed E-state index contributed by atoms with van der Waals surface area (Å²) in [4.78, 5) is 12.1. The molecule has 3 rings (SSSR count). The molecule has 2 aromatic rings. The maximum absolute atomic E-state index is 11.4. The number of esters is 1. The van der Waals surface area contributed by atoms with Gasteiger partial charge in [0, 0.05) is 12.5 Å². The van der Waals surface area contributed by atoms with E-state index < -0.39 is 0 Å². The molecule has 0 saturated carbocycles. The van der Waals surface area contributed by atoms with Crippen LogP contribution in [0, 0.1) is 0 Å². The molecule has 7 nitrogen and oxygen atoms in total. The Balaban J connectivity index is 1.83. The van der Waals surface area contributed by atoms with Gasteiger partial charge in [0.15, 0.2) is 5.82 Å². The van der Waals surface area contributed by atoms with E-state index in [1.165, 1.54) is 11.3 Å². The third-order valence-corrected chi connectivity index (χ3v) is 3.85. The minimum absolute atomic E-state index is 0.183. The number of nitrogens with zero attached hydrogens (tertiary/aromatic N) is 4. The maximum atomic E-state index is 11.4. The fraction of sp³-hybridized carbons (Fsp3) is 0.636. The molecule has 0 spiro atoms. The lowest BCUT2D eigenvalue weighted by atomic mass is 10.1. The van der Waals surface area contributed by atoms with E-state index in [2.05, 4.69) is 15.3 Å². The summed E-state index contributed by atoms with van der Waals surface area (Å²) < 4.78 is 12.0. The van der Waals surface area contributed by atoms with Gasteiger partial charge in [-0.1, -0.05) is 11.3 Å². The van der Waals surface area contributed by atoms with E-state index in [4.69, 9.17) is 9.47 Å². The average molecular weight is 282 g/mol. The number of aromatic nitrogens is 4. The molecule has 1 saturated heterocycles. The van der Waals surface area contributed by atoms with Crippen LogP contribution >= 0.6 is 11.3 Å². The van der Waals surface area contributed by atoms with Crippen LogP contribution in [0.5, 0.6) is 0 Å². The van der Waals surface area contributed by atoms with E-state index in [0.29, 0.717) is 23.2 Å². The zero-order valence-corrected chi connectivity index (χ0v) is 11.4.